The lowest BCUT2D eigenvalue weighted by Crippen LogP contribution is -2.17. The molecule has 28 heavy (non-hydrogen) atoms. The number of alkyl halides is 3. The Kier molecular flexibility index (Phi) is 6.11. The van der Waals surface area contributed by atoms with Gasteiger partial charge in [-0.3, -0.25) is 0 Å². The highest BCUT2D eigenvalue weighted by Crippen LogP contribution is 2.54. The molecule has 0 aromatic carbocycles. The molecular formula is C23H26F3NO. The molecule has 0 aromatic rings. The van der Waals surface area contributed by atoms with E-state index in [-0.39, 0.29) is 11.8 Å². The van der Waals surface area contributed by atoms with E-state index in [1.807, 2.05) is 19.9 Å². The van der Waals surface area contributed by atoms with Gasteiger partial charge in [-0.05, 0) is 62.7 Å². The summed E-state index contributed by atoms with van der Waals surface area (Å²) in [5, 5.41) is 4.33. The molecule has 0 unspecified atom stereocenters. The third-order valence-electron chi connectivity index (χ3n) is 5.59. The largest absolute Gasteiger partial charge is 0.412 e. The van der Waals surface area contributed by atoms with E-state index in [2.05, 4.69) is 29.5 Å². The smallest absolute Gasteiger partial charge is 0.391 e. The standard InChI is InChI=1S/C23H26F3NO/c1-17-8-4-3-5-9-19(17)16-28-27-18(2)22(14-15-22)20-10-6-7-11-21(13-12-20)23(24,25)26/h4-6,8-12H,3,7,13-16H2,1-2H3/b10-6?,20-12?,21-11+,27-18?. The van der Waals surface area contributed by atoms with Gasteiger partial charge in [0.2, 0.25) is 0 Å². The fourth-order valence-corrected chi connectivity index (χ4v) is 3.57. The minimum absolute atomic E-state index is 0.0950. The average Bonchev–Trinajstić information content (AvgIpc) is 3.41. The van der Waals surface area contributed by atoms with E-state index in [1.54, 1.807) is 12.2 Å². The molecule has 0 amide bonds. The molecular weight excluding hydrogens is 363 g/mol. The third-order valence-corrected chi connectivity index (χ3v) is 5.59. The predicted octanol–water partition coefficient (Wildman–Crippen LogP) is 6.76. The fraction of sp³-hybridized carbons (Fsp3) is 0.435. The number of hydrogen-bond donors (Lipinski definition) is 0. The Morgan fingerprint density at radius 3 is 2.50 bits per heavy atom. The minimum Gasteiger partial charge on any atom is -0.391 e. The Hall–Kier alpha value is -2.30. The lowest BCUT2D eigenvalue weighted by atomic mass is 9.88. The first kappa shape index (κ1) is 20.4. The van der Waals surface area contributed by atoms with Crippen LogP contribution in [0.5, 0.6) is 0 Å². The van der Waals surface area contributed by atoms with Crippen LogP contribution in [0.15, 0.2) is 76.1 Å². The van der Waals surface area contributed by atoms with E-state index < -0.39 is 11.7 Å². The average molecular weight is 389 g/mol. The highest BCUT2D eigenvalue weighted by atomic mass is 19.4. The van der Waals surface area contributed by atoms with Gasteiger partial charge < -0.3 is 4.84 Å². The van der Waals surface area contributed by atoms with Crippen molar-refractivity contribution >= 4 is 5.71 Å². The molecule has 1 fully saturated rings. The van der Waals surface area contributed by atoms with Gasteiger partial charge in [-0.2, -0.15) is 13.2 Å². The Morgan fingerprint density at radius 2 is 1.79 bits per heavy atom. The van der Waals surface area contributed by atoms with Crippen LogP contribution < -0.4 is 0 Å². The molecule has 0 bridgehead atoms. The molecule has 3 aliphatic carbocycles. The van der Waals surface area contributed by atoms with Gasteiger partial charge in [0.25, 0.3) is 0 Å². The van der Waals surface area contributed by atoms with Crippen molar-refractivity contribution in [3.8, 4) is 0 Å². The zero-order chi connectivity index (χ0) is 20.2. The maximum absolute atomic E-state index is 13.1. The molecule has 150 valence electrons. The third kappa shape index (κ3) is 4.75. The second-order valence-corrected chi connectivity index (χ2v) is 7.51. The molecule has 0 atom stereocenters. The van der Waals surface area contributed by atoms with Crippen LogP contribution in [0.1, 0.15) is 46.0 Å². The normalized spacial score (nSPS) is 24.1. The van der Waals surface area contributed by atoms with E-state index in [1.165, 1.54) is 6.08 Å². The minimum atomic E-state index is -4.28. The van der Waals surface area contributed by atoms with Gasteiger partial charge in [0.05, 0.1) is 5.71 Å². The van der Waals surface area contributed by atoms with Gasteiger partial charge in [-0.15, -0.1) is 0 Å². The summed E-state index contributed by atoms with van der Waals surface area (Å²) in [6.45, 7) is 4.33. The Labute approximate surface area is 164 Å². The summed E-state index contributed by atoms with van der Waals surface area (Å²) < 4.78 is 39.2. The van der Waals surface area contributed by atoms with Gasteiger partial charge in [-0.25, -0.2) is 0 Å². The summed E-state index contributed by atoms with van der Waals surface area (Å²) in [7, 11) is 0. The summed E-state index contributed by atoms with van der Waals surface area (Å²) in [4.78, 5) is 5.61. The zero-order valence-corrected chi connectivity index (χ0v) is 16.4. The summed E-state index contributed by atoms with van der Waals surface area (Å²) in [5.74, 6) is 0. The monoisotopic (exact) mass is 389 g/mol. The van der Waals surface area contributed by atoms with Gasteiger partial charge in [0.15, 0.2) is 0 Å². The van der Waals surface area contributed by atoms with Crippen molar-refractivity contribution in [2.45, 2.75) is 52.1 Å². The number of halogens is 3. The molecule has 0 heterocycles. The van der Waals surface area contributed by atoms with Crippen LogP contribution in [0.3, 0.4) is 0 Å². The molecule has 0 spiro atoms. The molecule has 5 heteroatoms. The highest BCUT2D eigenvalue weighted by molar-refractivity contribution is 5.93. The first-order valence-electron chi connectivity index (χ1n) is 9.66. The van der Waals surface area contributed by atoms with Crippen molar-refractivity contribution in [3.63, 3.8) is 0 Å². The topological polar surface area (TPSA) is 21.6 Å². The lowest BCUT2D eigenvalue weighted by molar-refractivity contribution is -0.0931. The van der Waals surface area contributed by atoms with Crippen LogP contribution in [0.2, 0.25) is 0 Å². The predicted molar refractivity (Wildman–Crippen MR) is 107 cm³/mol. The van der Waals surface area contributed by atoms with Crippen molar-refractivity contribution in [2.24, 2.45) is 10.6 Å². The van der Waals surface area contributed by atoms with Gasteiger partial charge in [0.1, 0.15) is 6.61 Å². The number of oxime groups is 1. The van der Waals surface area contributed by atoms with E-state index in [4.69, 9.17) is 4.84 Å². The molecule has 0 aromatic heterocycles. The van der Waals surface area contributed by atoms with Crippen molar-refractivity contribution in [2.75, 3.05) is 6.61 Å². The maximum atomic E-state index is 13.1. The first-order valence-corrected chi connectivity index (χ1v) is 9.66. The second-order valence-electron chi connectivity index (χ2n) is 7.51. The van der Waals surface area contributed by atoms with Crippen LogP contribution in [-0.2, 0) is 4.84 Å². The van der Waals surface area contributed by atoms with E-state index in [0.29, 0.717) is 13.0 Å². The fourth-order valence-electron chi connectivity index (χ4n) is 3.57. The van der Waals surface area contributed by atoms with Crippen molar-refractivity contribution in [1.29, 1.82) is 0 Å². The number of rotatable bonds is 5. The first-order chi connectivity index (χ1) is 13.3. The number of hydrogen-bond acceptors (Lipinski definition) is 2. The molecule has 0 saturated heterocycles. The number of allylic oxidation sites excluding steroid dienone is 10. The van der Waals surface area contributed by atoms with Crippen molar-refractivity contribution < 1.29 is 18.0 Å². The molecule has 2 nitrogen and oxygen atoms in total. The molecule has 3 rings (SSSR count). The maximum Gasteiger partial charge on any atom is 0.412 e. The van der Waals surface area contributed by atoms with Gasteiger partial charge in [0, 0.05) is 11.0 Å². The number of nitrogens with zero attached hydrogens (tertiary/aromatic N) is 1. The molecule has 1 saturated carbocycles. The van der Waals surface area contributed by atoms with Crippen LogP contribution in [0.4, 0.5) is 13.2 Å². The molecule has 0 radical (unpaired) electrons. The quantitative estimate of drug-likeness (QED) is 0.289. The highest BCUT2D eigenvalue weighted by Gasteiger charge is 2.48. The van der Waals surface area contributed by atoms with Crippen LogP contribution in [0, 0.1) is 5.41 Å². The molecule has 0 aliphatic heterocycles. The summed E-state index contributed by atoms with van der Waals surface area (Å²) in [6, 6.07) is 0. The van der Waals surface area contributed by atoms with Gasteiger partial charge in [-0.1, -0.05) is 53.8 Å². The zero-order valence-electron chi connectivity index (χ0n) is 16.4. The van der Waals surface area contributed by atoms with Crippen LogP contribution >= 0.6 is 0 Å². The second kappa shape index (κ2) is 8.38. The van der Waals surface area contributed by atoms with E-state index in [0.717, 1.165) is 41.7 Å². The molecule has 3 aliphatic rings. The Balaban J connectivity index is 1.71. The lowest BCUT2D eigenvalue weighted by Gasteiger charge is -2.19. The SMILES string of the molecule is CC(=NOCC1=C(C)C=CCC=C1)C1(C2=CC/C(C(F)(F)F)=C\CC=C2)CC1. The Morgan fingerprint density at radius 1 is 1.07 bits per heavy atom. The summed E-state index contributed by atoms with van der Waals surface area (Å²) in [5.41, 5.74) is 3.21. The molecule has 0 N–H and O–H groups in total. The van der Waals surface area contributed by atoms with Gasteiger partial charge >= 0.3 is 6.18 Å². The van der Waals surface area contributed by atoms with Crippen LogP contribution in [-0.4, -0.2) is 18.5 Å². The van der Waals surface area contributed by atoms with E-state index >= 15 is 0 Å². The summed E-state index contributed by atoms with van der Waals surface area (Å²) in [6.07, 6.45) is 13.6. The van der Waals surface area contributed by atoms with Crippen molar-refractivity contribution in [1.82, 2.24) is 0 Å². The van der Waals surface area contributed by atoms with Crippen LogP contribution in [0.25, 0.3) is 0 Å². The summed E-state index contributed by atoms with van der Waals surface area (Å²) >= 11 is 0. The Bertz CT molecular complexity index is 815. The van der Waals surface area contributed by atoms with Crippen molar-refractivity contribution in [3.05, 3.63) is 70.9 Å². The van der Waals surface area contributed by atoms with E-state index in [9.17, 15) is 13.2 Å².